The van der Waals surface area contributed by atoms with Crippen LogP contribution in [0.25, 0.3) is 10.9 Å². The first-order valence-electron chi connectivity index (χ1n) is 5.25. The monoisotopic (exact) mass is 313 g/mol. The van der Waals surface area contributed by atoms with Gasteiger partial charge in [-0.3, -0.25) is 9.36 Å². The van der Waals surface area contributed by atoms with Crippen LogP contribution in [0.1, 0.15) is 6.04 Å². The molecular formula is C11H9BrClN3O. The zero-order chi connectivity index (χ0) is 12.0. The van der Waals surface area contributed by atoms with Crippen molar-refractivity contribution in [3.8, 4) is 0 Å². The van der Waals surface area contributed by atoms with Crippen LogP contribution in [0.3, 0.4) is 0 Å². The second-order valence-corrected chi connectivity index (χ2v) is 5.19. The van der Waals surface area contributed by atoms with Crippen molar-refractivity contribution in [3.05, 3.63) is 38.3 Å². The van der Waals surface area contributed by atoms with Crippen LogP contribution in [0.15, 0.2) is 27.5 Å². The van der Waals surface area contributed by atoms with Crippen LogP contribution < -0.4 is 10.9 Å². The maximum atomic E-state index is 12.4. The lowest BCUT2D eigenvalue weighted by Gasteiger charge is -2.29. The molecule has 0 amide bonds. The van der Waals surface area contributed by atoms with Gasteiger partial charge in [0.1, 0.15) is 0 Å². The van der Waals surface area contributed by atoms with Crippen molar-refractivity contribution < 1.29 is 0 Å². The van der Waals surface area contributed by atoms with E-state index in [-0.39, 0.29) is 16.9 Å². The highest BCUT2D eigenvalue weighted by molar-refractivity contribution is 9.10. The number of aromatic nitrogens is 2. The Bertz CT molecular complexity index is 651. The summed E-state index contributed by atoms with van der Waals surface area (Å²) in [7, 11) is 0. The smallest absolute Gasteiger partial charge is 0.263 e. The largest absolute Gasteiger partial charge is 0.313 e. The number of halogens is 2. The number of benzene rings is 1. The molecule has 0 unspecified atom stereocenters. The minimum atomic E-state index is -0.0843. The summed E-state index contributed by atoms with van der Waals surface area (Å²) >= 11 is 9.46. The van der Waals surface area contributed by atoms with Crippen molar-refractivity contribution in [3.63, 3.8) is 0 Å². The van der Waals surface area contributed by atoms with Crippen LogP contribution in [0, 0.1) is 0 Å². The Morgan fingerprint density at radius 2 is 2.24 bits per heavy atom. The number of nitrogens with zero attached hydrogens (tertiary/aromatic N) is 2. The molecule has 3 rings (SSSR count). The Kier molecular flexibility index (Phi) is 2.69. The molecule has 1 aliphatic heterocycles. The van der Waals surface area contributed by atoms with Gasteiger partial charge < -0.3 is 5.32 Å². The molecule has 6 heteroatoms. The Morgan fingerprint density at radius 3 is 2.88 bits per heavy atom. The number of rotatable bonds is 1. The predicted molar refractivity (Wildman–Crippen MR) is 70.6 cm³/mol. The third kappa shape index (κ3) is 1.69. The molecule has 17 heavy (non-hydrogen) atoms. The van der Waals surface area contributed by atoms with E-state index in [2.05, 4.69) is 26.2 Å². The van der Waals surface area contributed by atoms with Crippen LogP contribution in [-0.4, -0.2) is 22.6 Å². The van der Waals surface area contributed by atoms with Crippen molar-refractivity contribution >= 4 is 38.4 Å². The fourth-order valence-electron chi connectivity index (χ4n) is 1.95. The molecule has 1 aromatic carbocycles. The van der Waals surface area contributed by atoms with Gasteiger partial charge in [-0.15, -0.1) is 0 Å². The number of hydrogen-bond donors (Lipinski definition) is 1. The van der Waals surface area contributed by atoms with E-state index in [9.17, 15) is 4.79 Å². The zero-order valence-corrected chi connectivity index (χ0v) is 11.1. The van der Waals surface area contributed by atoms with E-state index in [0.29, 0.717) is 10.9 Å². The van der Waals surface area contributed by atoms with E-state index >= 15 is 0 Å². The third-order valence-corrected chi connectivity index (χ3v) is 3.89. The molecule has 0 radical (unpaired) electrons. The van der Waals surface area contributed by atoms with E-state index < -0.39 is 0 Å². The SMILES string of the molecule is O=c1c2c(Br)cccc2nc(Cl)n1C1CNC1. The Balaban J connectivity index is 2.37. The first-order chi connectivity index (χ1) is 8.18. The second-order valence-electron chi connectivity index (χ2n) is 4.00. The molecule has 4 nitrogen and oxygen atoms in total. The summed E-state index contributed by atoms with van der Waals surface area (Å²) in [6, 6.07) is 5.57. The maximum absolute atomic E-state index is 12.4. The quantitative estimate of drug-likeness (QED) is 0.819. The van der Waals surface area contributed by atoms with Crippen molar-refractivity contribution in [1.29, 1.82) is 0 Å². The average molecular weight is 315 g/mol. The van der Waals surface area contributed by atoms with Gasteiger partial charge >= 0.3 is 0 Å². The summed E-state index contributed by atoms with van der Waals surface area (Å²) in [6.07, 6.45) is 0. The standard InChI is InChI=1S/C11H9BrClN3O/c12-7-2-1-3-8-9(7)10(17)16(11(13)15-8)6-4-14-5-6/h1-3,6,14H,4-5H2. The number of fused-ring (bicyclic) bond motifs is 1. The molecule has 1 aromatic heterocycles. The van der Waals surface area contributed by atoms with Gasteiger partial charge in [-0.05, 0) is 39.7 Å². The van der Waals surface area contributed by atoms with Crippen LogP contribution in [-0.2, 0) is 0 Å². The van der Waals surface area contributed by atoms with Crippen molar-refractivity contribution in [2.75, 3.05) is 13.1 Å². The first-order valence-corrected chi connectivity index (χ1v) is 6.42. The highest BCUT2D eigenvalue weighted by Crippen LogP contribution is 2.23. The van der Waals surface area contributed by atoms with Crippen molar-refractivity contribution in [2.24, 2.45) is 0 Å². The van der Waals surface area contributed by atoms with Crippen LogP contribution >= 0.6 is 27.5 Å². The molecule has 1 aliphatic rings. The maximum Gasteiger partial charge on any atom is 0.263 e. The molecule has 1 saturated heterocycles. The van der Waals surface area contributed by atoms with Crippen molar-refractivity contribution in [1.82, 2.24) is 14.9 Å². The van der Waals surface area contributed by atoms with E-state index in [1.165, 1.54) is 0 Å². The predicted octanol–water partition coefficient (Wildman–Crippen LogP) is 1.96. The summed E-state index contributed by atoms with van der Waals surface area (Å²) < 4.78 is 2.32. The Morgan fingerprint density at radius 1 is 1.47 bits per heavy atom. The summed E-state index contributed by atoms with van der Waals surface area (Å²) in [5.41, 5.74) is 0.539. The minimum absolute atomic E-state index is 0.0843. The normalized spacial score (nSPS) is 16.1. The van der Waals surface area contributed by atoms with E-state index in [4.69, 9.17) is 11.6 Å². The lowest BCUT2D eigenvalue weighted by Crippen LogP contribution is -2.47. The fraction of sp³-hybridized carbons (Fsp3) is 0.273. The number of hydrogen-bond acceptors (Lipinski definition) is 3. The van der Waals surface area contributed by atoms with Gasteiger partial charge in [-0.25, -0.2) is 4.98 Å². The van der Waals surface area contributed by atoms with E-state index in [0.717, 1.165) is 17.6 Å². The van der Waals surface area contributed by atoms with Crippen LogP contribution in [0.4, 0.5) is 0 Å². The van der Waals surface area contributed by atoms with E-state index in [1.807, 2.05) is 12.1 Å². The zero-order valence-electron chi connectivity index (χ0n) is 8.78. The van der Waals surface area contributed by atoms with Crippen molar-refractivity contribution in [2.45, 2.75) is 6.04 Å². The highest BCUT2D eigenvalue weighted by atomic mass is 79.9. The van der Waals surface area contributed by atoms with E-state index in [1.54, 1.807) is 10.6 Å². The molecule has 0 atom stereocenters. The van der Waals surface area contributed by atoms with Gasteiger partial charge in [0.25, 0.3) is 5.56 Å². The van der Waals surface area contributed by atoms with Gasteiger partial charge in [0.15, 0.2) is 0 Å². The third-order valence-electron chi connectivity index (χ3n) is 2.96. The Labute approximate surface area is 111 Å². The molecule has 0 aliphatic carbocycles. The van der Waals surface area contributed by atoms with Gasteiger partial charge in [0.05, 0.1) is 16.9 Å². The Hall–Kier alpha value is -0.910. The average Bonchev–Trinajstić information content (AvgIpc) is 2.21. The lowest BCUT2D eigenvalue weighted by atomic mass is 10.1. The summed E-state index contributed by atoms with van der Waals surface area (Å²) in [6.45, 7) is 1.52. The molecule has 2 aromatic rings. The highest BCUT2D eigenvalue weighted by Gasteiger charge is 2.24. The molecule has 2 heterocycles. The fourth-order valence-corrected chi connectivity index (χ4v) is 2.78. The lowest BCUT2D eigenvalue weighted by molar-refractivity contribution is 0.335. The number of nitrogens with one attached hydrogen (secondary N) is 1. The van der Waals surface area contributed by atoms with Gasteiger partial charge in [0.2, 0.25) is 5.28 Å². The molecule has 0 bridgehead atoms. The van der Waals surface area contributed by atoms with Crippen LogP contribution in [0.2, 0.25) is 5.28 Å². The minimum Gasteiger partial charge on any atom is -0.313 e. The molecule has 0 saturated carbocycles. The second kappa shape index (κ2) is 4.08. The van der Waals surface area contributed by atoms with Crippen LogP contribution in [0.5, 0.6) is 0 Å². The molecule has 1 fully saturated rings. The van der Waals surface area contributed by atoms with Gasteiger partial charge in [0, 0.05) is 17.6 Å². The molecule has 88 valence electrons. The summed E-state index contributed by atoms with van der Waals surface area (Å²) in [5.74, 6) is 0. The molecular weight excluding hydrogens is 305 g/mol. The molecule has 0 spiro atoms. The topological polar surface area (TPSA) is 46.9 Å². The first kappa shape index (κ1) is 11.2. The van der Waals surface area contributed by atoms with Gasteiger partial charge in [-0.2, -0.15) is 0 Å². The van der Waals surface area contributed by atoms with Gasteiger partial charge in [-0.1, -0.05) is 6.07 Å². The molecule has 1 N–H and O–H groups in total. The summed E-state index contributed by atoms with van der Waals surface area (Å²) in [5, 5.41) is 3.96. The summed E-state index contributed by atoms with van der Waals surface area (Å²) in [4.78, 5) is 16.7.